The second-order valence-electron chi connectivity index (χ2n) is 4.45. The monoisotopic (exact) mass is 269 g/mol. The molecule has 0 spiro atoms. The maximum atomic E-state index is 11.5. The summed E-state index contributed by atoms with van der Waals surface area (Å²) in [4.78, 5) is 13.6. The minimum absolute atomic E-state index is 0.172. The Morgan fingerprint density at radius 1 is 1.50 bits per heavy atom. The number of nitrogens with two attached hydrogens (primary N) is 1. The van der Waals surface area contributed by atoms with Crippen LogP contribution in [-0.2, 0) is 6.42 Å². The van der Waals surface area contributed by atoms with Gasteiger partial charge in [0.25, 0.3) is 5.91 Å². The highest BCUT2D eigenvalue weighted by molar-refractivity contribution is 6.33. The van der Waals surface area contributed by atoms with Gasteiger partial charge in [-0.2, -0.15) is 0 Å². The third-order valence-electron chi connectivity index (χ3n) is 2.98. The van der Waals surface area contributed by atoms with E-state index in [1.165, 1.54) is 0 Å². The molecule has 0 aromatic heterocycles. The zero-order chi connectivity index (χ0) is 13.7. The molecule has 100 valence electrons. The van der Waals surface area contributed by atoms with Crippen LogP contribution >= 0.6 is 11.6 Å². The van der Waals surface area contributed by atoms with Crippen LogP contribution in [0.2, 0.25) is 5.02 Å². The van der Waals surface area contributed by atoms with Crippen molar-refractivity contribution in [2.24, 2.45) is 5.73 Å². The Hall–Kier alpha value is -1.10. The van der Waals surface area contributed by atoms with Gasteiger partial charge in [-0.1, -0.05) is 17.7 Å². The highest BCUT2D eigenvalue weighted by Crippen LogP contribution is 2.19. The number of rotatable bonds is 5. The number of nitrogens with one attached hydrogen (secondary N) is 1. The standard InChI is InChI=1S/C13H20ClN3O/c1-16-13(18)11-5-4-9(7-12(11)14)6-10(8-15)17(2)3/h4-5,7,10H,6,8,15H2,1-3H3,(H,16,18)/t10-/m0/s1. The number of halogens is 1. The minimum Gasteiger partial charge on any atom is -0.355 e. The molecule has 0 aliphatic rings. The average Bonchev–Trinajstić information content (AvgIpc) is 2.34. The second kappa shape index (κ2) is 6.73. The summed E-state index contributed by atoms with van der Waals surface area (Å²) in [6.07, 6.45) is 0.817. The first-order valence-corrected chi connectivity index (χ1v) is 6.24. The van der Waals surface area contributed by atoms with Gasteiger partial charge in [0.2, 0.25) is 0 Å². The number of nitrogens with zero attached hydrogens (tertiary/aromatic N) is 1. The first kappa shape index (κ1) is 15.0. The maximum Gasteiger partial charge on any atom is 0.252 e. The Labute approximate surface area is 113 Å². The van der Waals surface area contributed by atoms with Crippen LogP contribution in [0.3, 0.4) is 0 Å². The van der Waals surface area contributed by atoms with E-state index in [9.17, 15) is 4.79 Å². The number of hydrogen-bond acceptors (Lipinski definition) is 3. The molecule has 5 heteroatoms. The fourth-order valence-electron chi connectivity index (χ4n) is 1.75. The van der Waals surface area contributed by atoms with Crippen molar-refractivity contribution < 1.29 is 4.79 Å². The third-order valence-corrected chi connectivity index (χ3v) is 3.29. The van der Waals surface area contributed by atoms with Crippen molar-refractivity contribution in [2.45, 2.75) is 12.5 Å². The van der Waals surface area contributed by atoms with Gasteiger partial charge in [-0.3, -0.25) is 4.79 Å². The predicted molar refractivity (Wildman–Crippen MR) is 75.1 cm³/mol. The molecule has 0 radical (unpaired) electrons. The second-order valence-corrected chi connectivity index (χ2v) is 4.86. The normalized spacial score (nSPS) is 12.6. The summed E-state index contributed by atoms with van der Waals surface area (Å²) in [5.41, 5.74) is 7.30. The van der Waals surface area contributed by atoms with Gasteiger partial charge in [-0.25, -0.2) is 0 Å². The van der Waals surface area contributed by atoms with Crippen LogP contribution in [0.5, 0.6) is 0 Å². The van der Waals surface area contributed by atoms with Gasteiger partial charge < -0.3 is 16.0 Å². The van der Waals surface area contributed by atoms with E-state index in [2.05, 4.69) is 10.2 Å². The molecule has 0 aliphatic carbocycles. The number of benzene rings is 1. The van der Waals surface area contributed by atoms with Gasteiger partial charge in [-0.15, -0.1) is 0 Å². The van der Waals surface area contributed by atoms with E-state index < -0.39 is 0 Å². The topological polar surface area (TPSA) is 58.4 Å². The van der Waals surface area contributed by atoms with Crippen LogP contribution < -0.4 is 11.1 Å². The molecule has 0 fully saturated rings. The summed E-state index contributed by atoms with van der Waals surface area (Å²) in [5.74, 6) is -0.172. The van der Waals surface area contributed by atoms with Gasteiger partial charge in [0, 0.05) is 19.6 Å². The van der Waals surface area contributed by atoms with Crippen molar-refractivity contribution in [3.63, 3.8) is 0 Å². The van der Waals surface area contributed by atoms with E-state index in [0.717, 1.165) is 12.0 Å². The Morgan fingerprint density at radius 3 is 2.61 bits per heavy atom. The Morgan fingerprint density at radius 2 is 2.17 bits per heavy atom. The first-order chi connectivity index (χ1) is 8.49. The SMILES string of the molecule is CNC(=O)c1ccc(C[C@@H](CN)N(C)C)cc1Cl. The first-order valence-electron chi connectivity index (χ1n) is 5.86. The molecule has 0 saturated heterocycles. The molecular formula is C13H20ClN3O. The zero-order valence-electron chi connectivity index (χ0n) is 11.0. The molecule has 0 heterocycles. The molecule has 3 N–H and O–H groups in total. The van der Waals surface area contributed by atoms with E-state index in [0.29, 0.717) is 17.1 Å². The lowest BCUT2D eigenvalue weighted by Gasteiger charge is -2.22. The van der Waals surface area contributed by atoms with Crippen molar-refractivity contribution in [2.75, 3.05) is 27.7 Å². The van der Waals surface area contributed by atoms with Crippen molar-refractivity contribution in [1.82, 2.24) is 10.2 Å². The van der Waals surface area contributed by atoms with Gasteiger partial charge in [-0.05, 0) is 38.2 Å². The molecule has 18 heavy (non-hydrogen) atoms. The van der Waals surface area contributed by atoms with Gasteiger partial charge in [0.15, 0.2) is 0 Å². The quantitative estimate of drug-likeness (QED) is 0.843. The molecule has 1 rings (SSSR count). The molecule has 0 bridgehead atoms. The molecule has 0 saturated carbocycles. The van der Waals surface area contributed by atoms with Crippen LogP contribution in [0.25, 0.3) is 0 Å². The third kappa shape index (κ3) is 3.70. The Bertz CT molecular complexity index is 421. The van der Waals surface area contributed by atoms with Gasteiger partial charge in [0.1, 0.15) is 0 Å². The maximum absolute atomic E-state index is 11.5. The number of likely N-dealkylation sites (N-methyl/N-ethyl adjacent to an activating group) is 1. The summed E-state index contributed by atoms with van der Waals surface area (Å²) in [6, 6.07) is 5.77. The fraction of sp³-hybridized carbons (Fsp3) is 0.462. The number of carbonyl (C=O) groups is 1. The smallest absolute Gasteiger partial charge is 0.252 e. The Kier molecular flexibility index (Phi) is 5.59. The van der Waals surface area contributed by atoms with E-state index in [4.69, 9.17) is 17.3 Å². The molecule has 0 aliphatic heterocycles. The minimum atomic E-state index is -0.172. The highest BCUT2D eigenvalue weighted by atomic mass is 35.5. The average molecular weight is 270 g/mol. The summed E-state index contributed by atoms with van der Waals surface area (Å²) in [5, 5.41) is 3.03. The number of carbonyl (C=O) groups excluding carboxylic acids is 1. The van der Waals surface area contributed by atoms with Crippen molar-refractivity contribution in [3.05, 3.63) is 34.3 Å². The number of hydrogen-bond donors (Lipinski definition) is 2. The van der Waals surface area contributed by atoms with E-state index in [1.807, 2.05) is 26.2 Å². The summed E-state index contributed by atoms with van der Waals surface area (Å²) in [7, 11) is 5.58. The molecule has 1 aromatic carbocycles. The summed E-state index contributed by atoms with van der Waals surface area (Å²) in [6.45, 7) is 0.585. The van der Waals surface area contributed by atoms with Crippen LogP contribution in [0.4, 0.5) is 0 Å². The van der Waals surface area contributed by atoms with Crippen molar-refractivity contribution in [1.29, 1.82) is 0 Å². The largest absolute Gasteiger partial charge is 0.355 e. The predicted octanol–water partition coefficient (Wildman–Crippen LogP) is 1.13. The van der Waals surface area contributed by atoms with Gasteiger partial charge >= 0.3 is 0 Å². The van der Waals surface area contributed by atoms with Crippen LogP contribution in [-0.4, -0.2) is 44.5 Å². The van der Waals surface area contributed by atoms with E-state index in [1.54, 1.807) is 13.1 Å². The van der Waals surface area contributed by atoms with Crippen LogP contribution in [0, 0.1) is 0 Å². The highest BCUT2D eigenvalue weighted by Gasteiger charge is 2.13. The summed E-state index contributed by atoms with van der Waals surface area (Å²) >= 11 is 6.10. The molecule has 1 atom stereocenters. The molecular weight excluding hydrogens is 250 g/mol. The van der Waals surface area contributed by atoms with Gasteiger partial charge in [0.05, 0.1) is 10.6 Å². The zero-order valence-corrected chi connectivity index (χ0v) is 11.8. The van der Waals surface area contributed by atoms with Crippen LogP contribution in [0.15, 0.2) is 18.2 Å². The Balaban J connectivity index is 2.87. The lowest BCUT2D eigenvalue weighted by Crippen LogP contribution is -2.36. The summed E-state index contributed by atoms with van der Waals surface area (Å²) < 4.78 is 0. The molecule has 1 aromatic rings. The van der Waals surface area contributed by atoms with E-state index >= 15 is 0 Å². The molecule has 1 amide bonds. The van der Waals surface area contributed by atoms with E-state index in [-0.39, 0.29) is 11.9 Å². The van der Waals surface area contributed by atoms with Crippen molar-refractivity contribution >= 4 is 17.5 Å². The lowest BCUT2D eigenvalue weighted by atomic mass is 10.0. The molecule has 0 unspecified atom stereocenters. The number of amides is 1. The van der Waals surface area contributed by atoms with Crippen molar-refractivity contribution in [3.8, 4) is 0 Å². The van der Waals surface area contributed by atoms with Crippen LogP contribution in [0.1, 0.15) is 15.9 Å². The lowest BCUT2D eigenvalue weighted by molar-refractivity contribution is 0.0963. The molecule has 4 nitrogen and oxygen atoms in total. The fourth-order valence-corrected chi connectivity index (χ4v) is 2.04.